The molecule has 4 heteroatoms. The number of benzene rings is 3. The predicted octanol–water partition coefficient (Wildman–Crippen LogP) is 4.95. The lowest BCUT2D eigenvalue weighted by molar-refractivity contribution is -0.137. The van der Waals surface area contributed by atoms with Crippen LogP contribution in [0, 0.1) is 5.92 Å². The molecular weight excluding hydrogens is 374 g/mol. The van der Waals surface area contributed by atoms with E-state index in [1.54, 1.807) is 0 Å². The van der Waals surface area contributed by atoms with E-state index in [1.807, 2.05) is 77.7 Å². The quantitative estimate of drug-likeness (QED) is 0.597. The Morgan fingerprint density at radius 1 is 0.933 bits per heavy atom. The third-order valence-corrected chi connectivity index (χ3v) is 5.82. The van der Waals surface area contributed by atoms with Crippen LogP contribution in [0.5, 0.6) is 0 Å². The number of fused-ring (bicyclic) bond motifs is 1. The summed E-state index contributed by atoms with van der Waals surface area (Å²) in [5.41, 5.74) is 3.00. The summed E-state index contributed by atoms with van der Waals surface area (Å²) in [5, 5.41) is 11.4. The summed E-state index contributed by atoms with van der Waals surface area (Å²) in [6, 6.07) is 23.7. The largest absolute Gasteiger partial charge is 0.481 e. The molecule has 0 spiro atoms. The van der Waals surface area contributed by atoms with Gasteiger partial charge in [0.2, 0.25) is 0 Å². The fourth-order valence-corrected chi connectivity index (χ4v) is 4.27. The van der Waals surface area contributed by atoms with Crippen LogP contribution >= 0.6 is 0 Å². The molecule has 0 aromatic heterocycles. The number of aliphatic carboxylic acids is 1. The topological polar surface area (TPSA) is 57.6 Å². The minimum Gasteiger partial charge on any atom is -0.481 e. The first-order chi connectivity index (χ1) is 14.6. The molecule has 1 aliphatic heterocycles. The van der Waals surface area contributed by atoms with Gasteiger partial charge in [-0.15, -0.1) is 0 Å². The van der Waals surface area contributed by atoms with E-state index in [-0.39, 0.29) is 18.2 Å². The zero-order chi connectivity index (χ0) is 20.9. The summed E-state index contributed by atoms with van der Waals surface area (Å²) >= 11 is 0. The average Bonchev–Trinajstić information content (AvgIpc) is 2.78. The number of amides is 1. The van der Waals surface area contributed by atoms with Crippen molar-refractivity contribution in [1.29, 1.82) is 0 Å². The maximum absolute atomic E-state index is 13.2. The highest BCUT2D eigenvalue weighted by Gasteiger charge is 2.25. The number of carbonyl (C=O) groups is 2. The molecule has 0 bridgehead atoms. The molecule has 152 valence electrons. The van der Waals surface area contributed by atoms with Crippen molar-refractivity contribution >= 4 is 22.6 Å². The van der Waals surface area contributed by atoms with Crippen LogP contribution in [0.2, 0.25) is 0 Å². The van der Waals surface area contributed by atoms with Crippen LogP contribution in [-0.4, -0.2) is 35.0 Å². The number of nitrogens with zero attached hydrogens (tertiary/aromatic N) is 1. The van der Waals surface area contributed by atoms with E-state index in [0.29, 0.717) is 25.9 Å². The lowest BCUT2D eigenvalue weighted by Gasteiger charge is -2.30. The minimum atomic E-state index is -0.786. The summed E-state index contributed by atoms with van der Waals surface area (Å²) in [6.07, 6.45) is 3.58. The van der Waals surface area contributed by atoms with Gasteiger partial charge in [-0.3, -0.25) is 9.59 Å². The molecule has 1 aliphatic rings. The Kier molecular flexibility index (Phi) is 5.94. The van der Waals surface area contributed by atoms with Crippen LogP contribution in [0.15, 0.2) is 84.4 Å². The molecule has 0 saturated carbocycles. The van der Waals surface area contributed by atoms with Gasteiger partial charge >= 0.3 is 5.97 Å². The van der Waals surface area contributed by atoms with E-state index in [0.717, 1.165) is 27.5 Å². The van der Waals surface area contributed by atoms with E-state index in [1.165, 1.54) is 0 Å². The van der Waals surface area contributed by atoms with Crippen molar-refractivity contribution in [2.45, 2.75) is 19.3 Å². The molecule has 1 heterocycles. The monoisotopic (exact) mass is 399 g/mol. The van der Waals surface area contributed by atoms with Crippen LogP contribution in [0.4, 0.5) is 0 Å². The highest BCUT2D eigenvalue weighted by Crippen LogP contribution is 2.28. The van der Waals surface area contributed by atoms with Crippen molar-refractivity contribution in [1.82, 2.24) is 4.90 Å². The van der Waals surface area contributed by atoms with Gasteiger partial charge in [0.25, 0.3) is 5.91 Å². The third-order valence-electron chi connectivity index (χ3n) is 5.82. The molecule has 1 N–H and O–H groups in total. The first-order valence-electron chi connectivity index (χ1n) is 10.3. The van der Waals surface area contributed by atoms with Gasteiger partial charge in [-0.25, -0.2) is 0 Å². The number of hydrogen-bond acceptors (Lipinski definition) is 2. The van der Waals surface area contributed by atoms with E-state index in [4.69, 9.17) is 0 Å². The van der Waals surface area contributed by atoms with Gasteiger partial charge in [-0.2, -0.15) is 0 Å². The van der Waals surface area contributed by atoms with Crippen LogP contribution in [-0.2, 0) is 11.2 Å². The average molecular weight is 399 g/mol. The van der Waals surface area contributed by atoms with Crippen LogP contribution in [0.25, 0.3) is 10.8 Å². The van der Waals surface area contributed by atoms with E-state index >= 15 is 0 Å². The molecule has 4 nitrogen and oxygen atoms in total. The summed E-state index contributed by atoms with van der Waals surface area (Å²) in [4.78, 5) is 26.4. The summed E-state index contributed by atoms with van der Waals surface area (Å²) in [5.74, 6) is -0.800. The smallest absolute Gasteiger partial charge is 0.303 e. The van der Waals surface area contributed by atoms with Gasteiger partial charge < -0.3 is 10.0 Å². The second-order valence-electron chi connectivity index (χ2n) is 7.79. The van der Waals surface area contributed by atoms with Crippen LogP contribution in [0.3, 0.4) is 0 Å². The molecule has 0 aliphatic carbocycles. The molecule has 4 rings (SSSR count). The van der Waals surface area contributed by atoms with Gasteiger partial charge in [0, 0.05) is 18.7 Å². The Hall–Kier alpha value is -3.40. The Bertz CT molecular complexity index is 1080. The zero-order valence-electron chi connectivity index (χ0n) is 16.8. The van der Waals surface area contributed by atoms with Crippen molar-refractivity contribution in [2.75, 3.05) is 13.1 Å². The molecule has 30 heavy (non-hydrogen) atoms. The minimum absolute atomic E-state index is 0.0277. The highest BCUT2D eigenvalue weighted by molar-refractivity contribution is 6.07. The molecular formula is C26H25NO3. The second kappa shape index (κ2) is 8.95. The number of hydrogen-bond donors (Lipinski definition) is 1. The number of carboxylic acids is 1. The lowest BCUT2D eigenvalue weighted by Crippen LogP contribution is -2.36. The molecule has 0 fully saturated rings. The lowest BCUT2D eigenvalue weighted by atomic mass is 9.85. The van der Waals surface area contributed by atoms with Crippen molar-refractivity contribution in [2.24, 2.45) is 5.92 Å². The number of carbonyl (C=O) groups excluding carboxylic acids is 1. The molecule has 3 aromatic rings. The van der Waals surface area contributed by atoms with E-state index < -0.39 is 5.97 Å². The Morgan fingerprint density at radius 2 is 1.67 bits per heavy atom. The van der Waals surface area contributed by atoms with Crippen molar-refractivity contribution in [3.05, 3.63) is 95.6 Å². The standard InChI is InChI=1S/C26H25NO3/c28-25(29)18-22(17-19-7-2-1-3-8-19)20-13-15-27(16-14-20)26(30)24-12-6-10-21-9-4-5-11-23(21)24/h1-13,22H,14-18H2,(H,28,29). The van der Waals surface area contributed by atoms with Gasteiger partial charge in [-0.05, 0) is 41.2 Å². The Labute approximate surface area is 176 Å². The summed E-state index contributed by atoms with van der Waals surface area (Å²) in [6.45, 7) is 1.13. The maximum Gasteiger partial charge on any atom is 0.303 e. The van der Waals surface area contributed by atoms with E-state index in [2.05, 4.69) is 6.08 Å². The van der Waals surface area contributed by atoms with E-state index in [9.17, 15) is 14.7 Å². The third kappa shape index (κ3) is 4.43. The molecule has 3 aromatic carbocycles. The SMILES string of the molecule is O=C(O)CC(Cc1ccccc1)C1=CCN(C(=O)c2cccc3ccccc23)CC1. The molecule has 0 radical (unpaired) electrons. The summed E-state index contributed by atoms with van der Waals surface area (Å²) in [7, 11) is 0. The van der Waals surface area contributed by atoms with Crippen LogP contribution in [0.1, 0.15) is 28.8 Å². The van der Waals surface area contributed by atoms with Crippen molar-refractivity contribution < 1.29 is 14.7 Å². The van der Waals surface area contributed by atoms with Gasteiger partial charge in [0.05, 0.1) is 6.42 Å². The number of carboxylic acid groups (broad SMARTS) is 1. The molecule has 1 amide bonds. The zero-order valence-corrected chi connectivity index (χ0v) is 16.8. The highest BCUT2D eigenvalue weighted by atomic mass is 16.4. The van der Waals surface area contributed by atoms with Gasteiger partial charge in [0.1, 0.15) is 0 Å². The Morgan fingerprint density at radius 3 is 2.40 bits per heavy atom. The van der Waals surface area contributed by atoms with Crippen LogP contribution < -0.4 is 0 Å². The fourth-order valence-electron chi connectivity index (χ4n) is 4.27. The molecule has 1 unspecified atom stereocenters. The van der Waals surface area contributed by atoms with Gasteiger partial charge in [-0.1, -0.05) is 78.4 Å². The maximum atomic E-state index is 13.2. The number of rotatable bonds is 6. The first kappa shape index (κ1) is 19.9. The Balaban J connectivity index is 1.51. The normalized spacial score (nSPS) is 14.9. The van der Waals surface area contributed by atoms with Crippen molar-refractivity contribution in [3.8, 4) is 0 Å². The fraction of sp³-hybridized carbons (Fsp3) is 0.231. The van der Waals surface area contributed by atoms with Gasteiger partial charge in [0.15, 0.2) is 0 Å². The van der Waals surface area contributed by atoms with Crippen molar-refractivity contribution in [3.63, 3.8) is 0 Å². The molecule has 1 atom stereocenters. The first-order valence-corrected chi connectivity index (χ1v) is 10.3. The summed E-state index contributed by atoms with van der Waals surface area (Å²) < 4.78 is 0. The molecule has 0 saturated heterocycles. The predicted molar refractivity (Wildman–Crippen MR) is 118 cm³/mol. The second-order valence-corrected chi connectivity index (χ2v) is 7.79.